The van der Waals surface area contributed by atoms with Gasteiger partial charge in [0.05, 0.1) is 30.3 Å². The van der Waals surface area contributed by atoms with Crippen molar-refractivity contribution in [3.05, 3.63) is 64.7 Å². The number of amides is 3. The lowest BCUT2D eigenvalue weighted by atomic mass is 10.1. The fraction of sp³-hybridized carbons (Fsp3) is 0.286. The molecule has 7 nitrogen and oxygen atoms in total. The molecule has 1 aliphatic rings. The predicted molar refractivity (Wildman–Crippen MR) is 112 cm³/mol. The zero-order valence-electron chi connectivity index (χ0n) is 16.6. The molecule has 3 amide bonds. The van der Waals surface area contributed by atoms with Gasteiger partial charge in [-0.3, -0.25) is 19.3 Å². The monoisotopic (exact) mass is 417 g/mol. The second kappa shape index (κ2) is 9.54. The highest BCUT2D eigenvalue weighted by Crippen LogP contribution is 2.26. The minimum absolute atomic E-state index is 0. The Morgan fingerprint density at radius 1 is 1.10 bits per heavy atom. The number of nitrogens with one attached hydrogen (secondary N) is 1. The summed E-state index contributed by atoms with van der Waals surface area (Å²) in [5.74, 6) is -0.380. The molecule has 29 heavy (non-hydrogen) atoms. The maximum atomic E-state index is 12.8. The van der Waals surface area contributed by atoms with Crippen LogP contribution >= 0.6 is 12.4 Å². The third-order valence-electron chi connectivity index (χ3n) is 4.76. The Kier molecular flexibility index (Phi) is 7.36. The number of fused-ring (bicyclic) bond motifs is 1. The average molecular weight is 418 g/mol. The van der Waals surface area contributed by atoms with Gasteiger partial charge in [-0.1, -0.05) is 18.2 Å². The van der Waals surface area contributed by atoms with Crippen LogP contribution < -0.4 is 10.1 Å². The molecular weight excluding hydrogens is 394 g/mol. The van der Waals surface area contributed by atoms with Crippen LogP contribution in [-0.2, 0) is 6.54 Å². The number of hydrogen-bond acceptors (Lipinski definition) is 5. The van der Waals surface area contributed by atoms with E-state index in [0.717, 1.165) is 0 Å². The quantitative estimate of drug-likeness (QED) is 0.699. The molecule has 0 unspecified atom stereocenters. The molecule has 0 fully saturated rings. The molecule has 2 aromatic rings. The fourth-order valence-electron chi connectivity index (χ4n) is 3.17. The van der Waals surface area contributed by atoms with Gasteiger partial charge >= 0.3 is 0 Å². The summed E-state index contributed by atoms with van der Waals surface area (Å²) >= 11 is 0. The highest BCUT2D eigenvalue weighted by atomic mass is 35.5. The first-order chi connectivity index (χ1) is 13.5. The van der Waals surface area contributed by atoms with Crippen molar-refractivity contribution in [2.45, 2.75) is 6.54 Å². The zero-order valence-corrected chi connectivity index (χ0v) is 17.4. The Balaban J connectivity index is 0.00000300. The van der Waals surface area contributed by atoms with Gasteiger partial charge in [0.25, 0.3) is 17.7 Å². The standard InChI is InChI=1S/C21H23N3O4.ClH/c1-22-10-11-23(2)19(25)17-12-14(8-9-18(17)28-3)13-24-20(26)15-6-4-5-7-16(15)21(24)27;/h4-9,12,22H,10-11,13H2,1-3H3;1H. The molecule has 2 aromatic carbocycles. The molecule has 0 bridgehead atoms. The number of methoxy groups -OCH3 is 1. The van der Waals surface area contributed by atoms with Crippen molar-refractivity contribution in [3.8, 4) is 5.75 Å². The van der Waals surface area contributed by atoms with Crippen LogP contribution in [0.25, 0.3) is 0 Å². The highest BCUT2D eigenvalue weighted by molar-refractivity contribution is 6.21. The Hall–Kier alpha value is -2.90. The molecular formula is C21H24ClN3O4. The molecule has 1 N–H and O–H groups in total. The summed E-state index contributed by atoms with van der Waals surface area (Å²) in [5, 5.41) is 3.00. The number of likely N-dealkylation sites (N-methyl/N-ethyl adjacent to an activating group) is 2. The van der Waals surface area contributed by atoms with Gasteiger partial charge < -0.3 is 15.0 Å². The molecule has 3 rings (SSSR count). The van der Waals surface area contributed by atoms with Crippen LogP contribution in [0.5, 0.6) is 5.75 Å². The number of benzene rings is 2. The van der Waals surface area contributed by atoms with Gasteiger partial charge in [-0.15, -0.1) is 12.4 Å². The molecule has 0 atom stereocenters. The van der Waals surface area contributed by atoms with Crippen LogP contribution in [0.4, 0.5) is 0 Å². The van der Waals surface area contributed by atoms with Crippen molar-refractivity contribution in [2.75, 3.05) is 34.3 Å². The van der Waals surface area contributed by atoms with Crippen molar-refractivity contribution in [3.63, 3.8) is 0 Å². The Bertz CT molecular complexity index is 897. The Morgan fingerprint density at radius 2 is 1.72 bits per heavy atom. The van der Waals surface area contributed by atoms with Gasteiger partial charge in [-0.2, -0.15) is 0 Å². The van der Waals surface area contributed by atoms with Crippen molar-refractivity contribution in [2.24, 2.45) is 0 Å². The average Bonchev–Trinajstić information content (AvgIpc) is 2.96. The van der Waals surface area contributed by atoms with Crippen LogP contribution in [0.15, 0.2) is 42.5 Å². The maximum absolute atomic E-state index is 12.8. The first-order valence-electron chi connectivity index (χ1n) is 9.00. The van der Waals surface area contributed by atoms with Crippen molar-refractivity contribution >= 4 is 30.1 Å². The molecule has 0 radical (unpaired) electrons. The molecule has 0 aromatic heterocycles. The number of nitrogens with zero attached hydrogens (tertiary/aromatic N) is 2. The summed E-state index contributed by atoms with van der Waals surface area (Å²) in [5.41, 5.74) is 1.89. The molecule has 1 heterocycles. The normalized spacial score (nSPS) is 12.4. The van der Waals surface area contributed by atoms with E-state index >= 15 is 0 Å². The molecule has 0 aliphatic carbocycles. The summed E-state index contributed by atoms with van der Waals surface area (Å²) in [6.45, 7) is 1.30. The molecule has 8 heteroatoms. The van der Waals surface area contributed by atoms with Crippen molar-refractivity contribution in [1.82, 2.24) is 15.1 Å². The van der Waals surface area contributed by atoms with Crippen LogP contribution in [0.2, 0.25) is 0 Å². The van der Waals surface area contributed by atoms with Gasteiger partial charge in [0.1, 0.15) is 5.75 Å². The van der Waals surface area contributed by atoms with Gasteiger partial charge in [-0.25, -0.2) is 0 Å². The summed E-state index contributed by atoms with van der Waals surface area (Å²) in [6.07, 6.45) is 0. The first-order valence-corrected chi connectivity index (χ1v) is 9.00. The smallest absolute Gasteiger partial charge is 0.261 e. The third-order valence-corrected chi connectivity index (χ3v) is 4.76. The van der Waals surface area contributed by atoms with Gasteiger partial charge in [0, 0.05) is 20.1 Å². The van der Waals surface area contributed by atoms with Crippen LogP contribution in [0.1, 0.15) is 36.6 Å². The van der Waals surface area contributed by atoms with Gasteiger partial charge in [0.15, 0.2) is 0 Å². The van der Waals surface area contributed by atoms with E-state index in [-0.39, 0.29) is 36.7 Å². The van der Waals surface area contributed by atoms with Crippen molar-refractivity contribution in [1.29, 1.82) is 0 Å². The largest absolute Gasteiger partial charge is 0.496 e. The van der Waals surface area contributed by atoms with Crippen LogP contribution in [-0.4, -0.2) is 61.8 Å². The van der Waals surface area contributed by atoms with Crippen LogP contribution in [0, 0.1) is 0 Å². The molecule has 0 spiro atoms. The van der Waals surface area contributed by atoms with E-state index in [0.29, 0.717) is 41.1 Å². The van der Waals surface area contributed by atoms with E-state index in [1.54, 1.807) is 54.4 Å². The minimum atomic E-state index is -0.324. The van der Waals surface area contributed by atoms with Crippen molar-refractivity contribution < 1.29 is 19.1 Å². The number of rotatable bonds is 7. The van der Waals surface area contributed by atoms with Gasteiger partial charge in [-0.05, 0) is 36.9 Å². The van der Waals surface area contributed by atoms with E-state index in [1.165, 1.54) is 12.0 Å². The van der Waals surface area contributed by atoms with E-state index in [9.17, 15) is 14.4 Å². The van der Waals surface area contributed by atoms with Gasteiger partial charge in [0.2, 0.25) is 0 Å². The van der Waals surface area contributed by atoms with E-state index in [1.807, 2.05) is 7.05 Å². The Morgan fingerprint density at radius 3 is 2.28 bits per heavy atom. The number of imide groups is 1. The van der Waals surface area contributed by atoms with E-state index in [4.69, 9.17) is 4.74 Å². The predicted octanol–water partition coefficient (Wildman–Crippen LogP) is 2.20. The third kappa shape index (κ3) is 4.41. The van der Waals surface area contributed by atoms with E-state index < -0.39 is 0 Å². The molecule has 0 saturated heterocycles. The Labute approximate surface area is 176 Å². The fourth-order valence-corrected chi connectivity index (χ4v) is 3.17. The zero-order chi connectivity index (χ0) is 20.3. The second-order valence-electron chi connectivity index (χ2n) is 6.61. The topological polar surface area (TPSA) is 79.0 Å². The summed E-state index contributed by atoms with van der Waals surface area (Å²) in [6, 6.07) is 11.9. The lowest BCUT2D eigenvalue weighted by molar-refractivity contribution is 0.0642. The minimum Gasteiger partial charge on any atom is -0.496 e. The SMILES string of the molecule is CNCCN(C)C(=O)c1cc(CN2C(=O)c3ccccc3C2=O)ccc1OC.Cl. The van der Waals surface area contributed by atoms with Crippen LogP contribution in [0.3, 0.4) is 0 Å². The highest BCUT2D eigenvalue weighted by Gasteiger charge is 2.35. The number of ether oxygens (including phenoxy) is 1. The summed E-state index contributed by atoms with van der Waals surface area (Å²) in [4.78, 5) is 40.8. The van der Waals surface area contributed by atoms with E-state index in [2.05, 4.69) is 5.32 Å². The molecule has 154 valence electrons. The number of carbonyl (C=O) groups excluding carboxylic acids is 3. The maximum Gasteiger partial charge on any atom is 0.261 e. The first kappa shape index (κ1) is 22.4. The lowest BCUT2D eigenvalue weighted by Gasteiger charge is -2.20. The summed E-state index contributed by atoms with van der Waals surface area (Å²) < 4.78 is 5.33. The number of carbonyl (C=O) groups is 3. The second-order valence-corrected chi connectivity index (χ2v) is 6.61. The molecule has 0 saturated carbocycles. The number of halogens is 1. The number of hydrogen-bond donors (Lipinski definition) is 1. The molecule has 1 aliphatic heterocycles. The summed E-state index contributed by atoms with van der Waals surface area (Å²) in [7, 11) is 5.04. The lowest BCUT2D eigenvalue weighted by Crippen LogP contribution is -2.33.